The Labute approximate surface area is 143 Å². The zero-order valence-corrected chi connectivity index (χ0v) is 15.5. The maximum atomic E-state index is 12.8. The van der Waals surface area contributed by atoms with E-state index in [1.807, 2.05) is 25.7 Å². The number of nitrogens with one attached hydrogen (secondary N) is 1. The average Bonchev–Trinajstić information content (AvgIpc) is 2.84. The Hall–Kier alpha value is -2.00. The highest BCUT2D eigenvalue weighted by Gasteiger charge is 2.49. The second kappa shape index (κ2) is 5.50. The van der Waals surface area contributed by atoms with Gasteiger partial charge < -0.3 is 9.17 Å². The molecule has 134 valence electrons. The molecular weight excluding hydrogens is 371 g/mol. The highest BCUT2D eigenvalue weighted by Crippen LogP contribution is 2.35. The predicted octanol–water partition coefficient (Wildman–Crippen LogP) is 4.09. The number of aromatic amines is 1. The molecular formula is C16H16F3NO3SSi. The van der Waals surface area contributed by atoms with Crippen LogP contribution in [0.3, 0.4) is 0 Å². The number of benzene rings is 2. The minimum absolute atomic E-state index is 0.258. The molecule has 1 heterocycles. The summed E-state index contributed by atoms with van der Waals surface area (Å²) in [5, 5.41) is 1.90. The molecule has 0 atom stereocenters. The second-order valence-corrected chi connectivity index (χ2v) is 13.3. The lowest BCUT2D eigenvalue weighted by atomic mass is 10.1. The summed E-state index contributed by atoms with van der Waals surface area (Å²) >= 11 is 0. The summed E-state index contributed by atoms with van der Waals surface area (Å²) in [6, 6.07) is 10.6. The van der Waals surface area contributed by atoms with Gasteiger partial charge in [-0.15, -0.1) is 0 Å². The van der Waals surface area contributed by atoms with Gasteiger partial charge in [0, 0.05) is 16.3 Å². The molecule has 3 aromatic rings. The summed E-state index contributed by atoms with van der Waals surface area (Å²) < 4.78 is 66.4. The van der Waals surface area contributed by atoms with Crippen LogP contribution in [0.15, 0.2) is 36.4 Å². The fourth-order valence-corrected chi connectivity index (χ4v) is 4.73. The first-order chi connectivity index (χ1) is 11.4. The molecule has 0 aliphatic carbocycles. The topological polar surface area (TPSA) is 59.2 Å². The Morgan fingerprint density at radius 2 is 1.64 bits per heavy atom. The highest BCUT2D eigenvalue weighted by molar-refractivity contribution is 7.88. The molecule has 4 nitrogen and oxygen atoms in total. The molecule has 9 heteroatoms. The number of rotatable bonds is 3. The van der Waals surface area contributed by atoms with Gasteiger partial charge in [-0.2, -0.15) is 21.6 Å². The zero-order valence-electron chi connectivity index (χ0n) is 13.7. The quantitative estimate of drug-likeness (QED) is 0.418. The van der Waals surface area contributed by atoms with E-state index < -0.39 is 23.7 Å². The van der Waals surface area contributed by atoms with Gasteiger partial charge in [-0.25, -0.2) is 0 Å². The number of hydrogen-bond donors (Lipinski definition) is 1. The number of para-hydroxylation sites is 1. The first kappa shape index (κ1) is 17.8. The Bertz CT molecular complexity index is 1070. The number of alkyl halides is 3. The summed E-state index contributed by atoms with van der Waals surface area (Å²) in [5.74, 6) is -0.259. The molecule has 0 unspecified atom stereocenters. The van der Waals surface area contributed by atoms with Crippen molar-refractivity contribution in [1.82, 2.24) is 4.98 Å². The summed E-state index contributed by atoms with van der Waals surface area (Å²) in [6.07, 6.45) is 0. The smallest absolute Gasteiger partial charge is 0.374 e. The van der Waals surface area contributed by atoms with E-state index in [1.54, 1.807) is 30.3 Å². The standard InChI is InChI=1S/C16H16F3NO3SSi/c1-25(2,3)13-9-8-11-10-6-4-5-7-12(10)20-14(11)15(13)23-24(21,22)16(17,18)19/h4-9,20H,1-3H3. The minimum Gasteiger partial charge on any atom is -0.374 e. The Kier molecular flexibility index (Phi) is 3.92. The molecule has 0 fully saturated rings. The van der Waals surface area contributed by atoms with Crippen LogP contribution in [0.5, 0.6) is 5.75 Å². The van der Waals surface area contributed by atoms with Gasteiger partial charge in [-0.3, -0.25) is 0 Å². The van der Waals surface area contributed by atoms with E-state index >= 15 is 0 Å². The maximum absolute atomic E-state index is 12.8. The van der Waals surface area contributed by atoms with E-state index in [-0.39, 0.29) is 11.3 Å². The fourth-order valence-electron chi connectivity index (χ4n) is 2.73. The predicted molar refractivity (Wildman–Crippen MR) is 94.4 cm³/mol. The molecule has 25 heavy (non-hydrogen) atoms. The number of aromatic nitrogens is 1. The normalized spacial score (nSPS) is 13.5. The number of halogens is 3. The van der Waals surface area contributed by atoms with Gasteiger partial charge in [0.15, 0.2) is 5.75 Å². The van der Waals surface area contributed by atoms with Crippen molar-refractivity contribution in [2.24, 2.45) is 0 Å². The van der Waals surface area contributed by atoms with Crippen LogP contribution in [0.4, 0.5) is 13.2 Å². The lowest BCUT2D eigenvalue weighted by Crippen LogP contribution is -2.40. The van der Waals surface area contributed by atoms with Crippen LogP contribution >= 0.6 is 0 Å². The first-order valence-corrected chi connectivity index (χ1v) is 12.4. The monoisotopic (exact) mass is 387 g/mol. The molecule has 0 aliphatic heterocycles. The van der Waals surface area contributed by atoms with E-state index in [9.17, 15) is 21.6 Å². The summed E-state index contributed by atoms with van der Waals surface area (Å²) in [6.45, 7) is 5.72. The molecule has 0 amide bonds. The second-order valence-electron chi connectivity index (χ2n) is 6.77. The van der Waals surface area contributed by atoms with Crippen LogP contribution in [0.1, 0.15) is 0 Å². The zero-order chi connectivity index (χ0) is 18.6. The third-order valence-corrected chi connectivity index (χ3v) is 6.88. The van der Waals surface area contributed by atoms with Crippen molar-refractivity contribution in [1.29, 1.82) is 0 Å². The molecule has 3 rings (SSSR count). The van der Waals surface area contributed by atoms with Crippen molar-refractivity contribution in [3.63, 3.8) is 0 Å². The van der Waals surface area contributed by atoms with Gasteiger partial charge in [0.25, 0.3) is 0 Å². The Morgan fingerprint density at radius 3 is 2.24 bits per heavy atom. The van der Waals surface area contributed by atoms with Gasteiger partial charge in [0.2, 0.25) is 0 Å². The van der Waals surface area contributed by atoms with Crippen LogP contribution in [-0.2, 0) is 10.1 Å². The first-order valence-electron chi connectivity index (χ1n) is 7.46. The van der Waals surface area contributed by atoms with Crippen molar-refractivity contribution < 1.29 is 25.8 Å². The van der Waals surface area contributed by atoms with Gasteiger partial charge in [-0.05, 0) is 11.3 Å². The van der Waals surface area contributed by atoms with Crippen LogP contribution < -0.4 is 9.37 Å². The third-order valence-electron chi connectivity index (χ3n) is 3.92. The van der Waals surface area contributed by atoms with Gasteiger partial charge in [0.1, 0.15) is 0 Å². The van der Waals surface area contributed by atoms with Crippen molar-refractivity contribution >= 4 is 45.2 Å². The molecule has 0 saturated carbocycles. The molecule has 0 saturated heterocycles. The molecule has 1 aromatic heterocycles. The summed E-state index contributed by atoms with van der Waals surface area (Å²) in [5.41, 5.74) is -4.54. The minimum atomic E-state index is -5.76. The van der Waals surface area contributed by atoms with Crippen molar-refractivity contribution in [3.8, 4) is 5.75 Å². The SMILES string of the molecule is C[Si](C)(C)c1ccc2c([nH]c3ccccc32)c1OS(=O)(=O)C(F)(F)F. The third kappa shape index (κ3) is 3.02. The van der Waals surface area contributed by atoms with Gasteiger partial charge in [0.05, 0.1) is 13.6 Å². The summed E-state index contributed by atoms with van der Waals surface area (Å²) in [7, 11) is -7.94. The van der Waals surface area contributed by atoms with Crippen LogP contribution in [0.25, 0.3) is 21.8 Å². The van der Waals surface area contributed by atoms with Crippen LogP contribution in [-0.4, -0.2) is 27.0 Å². The lowest BCUT2D eigenvalue weighted by Gasteiger charge is -2.21. The van der Waals surface area contributed by atoms with Crippen molar-refractivity contribution in [2.75, 3.05) is 0 Å². The van der Waals surface area contributed by atoms with Gasteiger partial charge >= 0.3 is 15.6 Å². The maximum Gasteiger partial charge on any atom is 0.534 e. The largest absolute Gasteiger partial charge is 0.534 e. The van der Waals surface area contributed by atoms with E-state index in [0.29, 0.717) is 16.1 Å². The number of H-pyrrole nitrogens is 1. The number of hydrogen-bond acceptors (Lipinski definition) is 3. The van der Waals surface area contributed by atoms with Crippen LogP contribution in [0, 0.1) is 0 Å². The molecule has 0 spiro atoms. The molecule has 1 N–H and O–H groups in total. The summed E-state index contributed by atoms with van der Waals surface area (Å²) in [4.78, 5) is 3.00. The molecule has 0 aliphatic rings. The van der Waals surface area contributed by atoms with E-state index in [0.717, 1.165) is 5.39 Å². The Balaban J connectivity index is 2.36. The fraction of sp³-hybridized carbons (Fsp3) is 0.250. The van der Waals surface area contributed by atoms with Gasteiger partial charge in [-0.1, -0.05) is 50.0 Å². The molecule has 0 bridgehead atoms. The highest BCUT2D eigenvalue weighted by atomic mass is 32.2. The number of fused-ring (bicyclic) bond motifs is 3. The van der Waals surface area contributed by atoms with E-state index in [1.165, 1.54) is 0 Å². The van der Waals surface area contributed by atoms with E-state index in [4.69, 9.17) is 0 Å². The molecule has 2 aromatic carbocycles. The van der Waals surface area contributed by atoms with Crippen LogP contribution in [0.2, 0.25) is 19.6 Å². The van der Waals surface area contributed by atoms with Crippen molar-refractivity contribution in [2.45, 2.75) is 25.1 Å². The average molecular weight is 387 g/mol. The lowest BCUT2D eigenvalue weighted by molar-refractivity contribution is -0.0499. The van der Waals surface area contributed by atoms with Crippen molar-refractivity contribution in [3.05, 3.63) is 36.4 Å². The Morgan fingerprint density at radius 1 is 1.00 bits per heavy atom. The molecule has 0 radical (unpaired) electrons. The van der Waals surface area contributed by atoms with E-state index in [2.05, 4.69) is 9.17 Å².